The first-order valence-corrected chi connectivity index (χ1v) is 13.5. The summed E-state index contributed by atoms with van der Waals surface area (Å²) in [7, 11) is -4.20. The predicted molar refractivity (Wildman–Crippen MR) is 133 cm³/mol. The molecule has 2 rings (SSSR count). The Morgan fingerprint density at radius 3 is 2.14 bits per heavy atom. The summed E-state index contributed by atoms with van der Waals surface area (Å²) in [6.07, 6.45) is -3.78. The number of hydrogen-bond acceptors (Lipinski definition) is 4. The number of nitrogens with one attached hydrogen (secondary N) is 1. The van der Waals surface area contributed by atoms with E-state index in [-0.39, 0.29) is 35.2 Å². The van der Waals surface area contributed by atoms with Crippen LogP contribution >= 0.6 is 23.2 Å². The second-order valence-electron chi connectivity index (χ2n) is 7.86. The van der Waals surface area contributed by atoms with Crippen LogP contribution in [0.2, 0.25) is 10.0 Å². The number of alkyl halides is 3. The van der Waals surface area contributed by atoms with Gasteiger partial charge in [0.15, 0.2) is 0 Å². The van der Waals surface area contributed by atoms with Crippen LogP contribution in [0.15, 0.2) is 42.5 Å². The predicted octanol–water partition coefficient (Wildman–Crippen LogP) is 4.72. The number of carbonyl (C=O) groups is 2. The lowest BCUT2D eigenvalue weighted by Gasteiger charge is -2.33. The second kappa shape index (κ2) is 12.2. The number of anilines is 1. The third-order valence-corrected chi connectivity index (χ3v) is 7.12. The highest BCUT2D eigenvalue weighted by atomic mass is 35.5. The topological polar surface area (TPSA) is 86.8 Å². The van der Waals surface area contributed by atoms with Gasteiger partial charge in [-0.25, -0.2) is 8.42 Å². The van der Waals surface area contributed by atoms with E-state index < -0.39 is 46.2 Å². The molecule has 7 nitrogen and oxygen atoms in total. The normalized spacial score (nSPS) is 12.7. The van der Waals surface area contributed by atoms with Crippen molar-refractivity contribution in [1.29, 1.82) is 0 Å². The number of likely N-dealkylation sites (N-methyl/N-ethyl adjacent to an activating group) is 1. The monoisotopic (exact) mass is 567 g/mol. The maximum atomic E-state index is 13.5. The number of carbonyl (C=O) groups excluding carboxylic acids is 2. The lowest BCUT2D eigenvalue weighted by Crippen LogP contribution is -2.52. The number of hydrogen-bond donors (Lipinski definition) is 1. The van der Waals surface area contributed by atoms with Gasteiger partial charge in [0.2, 0.25) is 21.8 Å². The Labute approximate surface area is 218 Å². The summed E-state index contributed by atoms with van der Waals surface area (Å²) < 4.78 is 65.4. The van der Waals surface area contributed by atoms with Gasteiger partial charge < -0.3 is 10.2 Å². The molecule has 0 aliphatic heterocycles. The molecule has 2 amide bonds. The zero-order valence-electron chi connectivity index (χ0n) is 19.8. The Morgan fingerprint density at radius 2 is 1.64 bits per heavy atom. The molecule has 0 aliphatic rings. The average Bonchev–Trinajstić information content (AvgIpc) is 2.78. The fourth-order valence-corrected chi connectivity index (χ4v) is 4.87. The van der Waals surface area contributed by atoms with Crippen LogP contribution in [0, 0.1) is 0 Å². The smallest absolute Gasteiger partial charge is 0.355 e. The molecule has 1 N–H and O–H groups in total. The van der Waals surface area contributed by atoms with E-state index in [2.05, 4.69) is 5.32 Å². The molecular weight excluding hydrogens is 542 g/mol. The second-order valence-corrected chi connectivity index (χ2v) is 10.6. The third-order valence-electron chi connectivity index (χ3n) is 5.27. The summed E-state index contributed by atoms with van der Waals surface area (Å²) in [5.41, 5.74) is -1.08. The van der Waals surface area contributed by atoms with Crippen molar-refractivity contribution in [1.82, 2.24) is 10.2 Å². The fourth-order valence-electron chi connectivity index (χ4n) is 3.52. The van der Waals surface area contributed by atoms with Crippen molar-refractivity contribution in [3.63, 3.8) is 0 Å². The lowest BCUT2D eigenvalue weighted by atomic mass is 10.1. The van der Waals surface area contributed by atoms with Crippen molar-refractivity contribution in [2.45, 2.75) is 39.0 Å². The van der Waals surface area contributed by atoms with E-state index in [0.29, 0.717) is 15.9 Å². The summed E-state index contributed by atoms with van der Waals surface area (Å²) in [6, 6.07) is 7.30. The van der Waals surface area contributed by atoms with Crippen LogP contribution in [-0.2, 0) is 32.3 Å². The molecule has 0 radical (unpaired) electrons. The largest absolute Gasteiger partial charge is 0.416 e. The Morgan fingerprint density at radius 1 is 1.06 bits per heavy atom. The summed E-state index contributed by atoms with van der Waals surface area (Å²) in [5, 5.41) is 3.08. The van der Waals surface area contributed by atoms with E-state index in [1.54, 1.807) is 32.0 Å². The van der Waals surface area contributed by atoms with Crippen LogP contribution in [0.25, 0.3) is 0 Å². The van der Waals surface area contributed by atoms with Crippen molar-refractivity contribution in [3.05, 3.63) is 63.6 Å². The molecule has 0 saturated carbocycles. The summed E-state index contributed by atoms with van der Waals surface area (Å²) >= 11 is 12.5. The standard InChI is InChI=1S/C23H26Cl2F3N3O4S/c1-4-20(22(33)29-5-2)30(13-17-18(24)10-7-11-19(17)25)21(32)14-31(36(3,34)35)16-9-6-8-15(12-16)23(26,27)28/h6-12,20H,4-5,13-14H2,1-3H3,(H,29,33)/t20-/m1/s1. The maximum Gasteiger partial charge on any atom is 0.416 e. The van der Waals surface area contributed by atoms with E-state index >= 15 is 0 Å². The Kier molecular flexibility index (Phi) is 10.0. The van der Waals surface area contributed by atoms with Crippen LogP contribution in [0.1, 0.15) is 31.4 Å². The van der Waals surface area contributed by atoms with E-state index in [1.807, 2.05) is 0 Å². The van der Waals surface area contributed by atoms with E-state index in [4.69, 9.17) is 23.2 Å². The molecule has 13 heteroatoms. The van der Waals surface area contributed by atoms with Gasteiger partial charge in [0.05, 0.1) is 17.5 Å². The van der Waals surface area contributed by atoms with E-state index in [9.17, 15) is 31.2 Å². The number of halogens is 5. The van der Waals surface area contributed by atoms with Gasteiger partial charge in [-0.1, -0.05) is 42.3 Å². The molecule has 2 aromatic rings. The molecule has 1 atom stereocenters. The highest BCUT2D eigenvalue weighted by Crippen LogP contribution is 2.32. The highest BCUT2D eigenvalue weighted by molar-refractivity contribution is 7.92. The molecule has 0 saturated heterocycles. The molecular formula is C23H26Cl2F3N3O4S. The molecule has 0 heterocycles. The molecule has 0 aromatic heterocycles. The first-order chi connectivity index (χ1) is 16.7. The Hall–Kier alpha value is -2.50. The van der Waals surface area contributed by atoms with E-state index in [0.717, 1.165) is 29.4 Å². The van der Waals surface area contributed by atoms with Crippen LogP contribution in [0.5, 0.6) is 0 Å². The van der Waals surface area contributed by atoms with Gasteiger partial charge in [0, 0.05) is 28.7 Å². The maximum absolute atomic E-state index is 13.5. The molecule has 0 bridgehead atoms. The van der Waals surface area contributed by atoms with Crippen LogP contribution < -0.4 is 9.62 Å². The van der Waals surface area contributed by atoms with Gasteiger partial charge in [-0.15, -0.1) is 0 Å². The quantitative estimate of drug-likeness (QED) is 0.450. The van der Waals surface area contributed by atoms with Crippen molar-refractivity contribution >= 4 is 50.7 Å². The molecule has 36 heavy (non-hydrogen) atoms. The minimum Gasteiger partial charge on any atom is -0.355 e. The fraction of sp³-hybridized carbons (Fsp3) is 0.391. The van der Waals surface area contributed by atoms with Gasteiger partial charge in [0.1, 0.15) is 12.6 Å². The van der Waals surface area contributed by atoms with Crippen LogP contribution in [-0.4, -0.2) is 50.5 Å². The number of sulfonamides is 1. The van der Waals surface area contributed by atoms with Crippen molar-refractivity contribution in [2.24, 2.45) is 0 Å². The minimum absolute atomic E-state index is 0.169. The first kappa shape index (κ1) is 29.7. The number of benzene rings is 2. The van der Waals surface area contributed by atoms with Crippen LogP contribution in [0.4, 0.5) is 18.9 Å². The van der Waals surface area contributed by atoms with E-state index in [1.165, 1.54) is 0 Å². The Bertz CT molecular complexity index is 1190. The lowest BCUT2D eigenvalue weighted by molar-refractivity contribution is -0.140. The molecule has 2 aromatic carbocycles. The SMILES string of the molecule is CCNC(=O)[C@@H](CC)N(Cc1c(Cl)cccc1Cl)C(=O)CN(c1cccc(C(F)(F)F)c1)S(C)(=O)=O. The number of amides is 2. The van der Waals surface area contributed by atoms with Crippen LogP contribution in [0.3, 0.4) is 0 Å². The van der Waals surface area contributed by atoms with Gasteiger partial charge in [0.25, 0.3) is 0 Å². The molecule has 0 fully saturated rings. The van der Waals surface area contributed by atoms with Gasteiger partial charge >= 0.3 is 6.18 Å². The zero-order valence-corrected chi connectivity index (χ0v) is 22.1. The minimum atomic E-state index is -4.72. The average molecular weight is 568 g/mol. The van der Waals surface area contributed by atoms with Crippen molar-refractivity contribution < 1.29 is 31.2 Å². The van der Waals surface area contributed by atoms with Gasteiger partial charge in [-0.05, 0) is 43.7 Å². The molecule has 0 unspecified atom stereocenters. The molecule has 0 spiro atoms. The van der Waals surface area contributed by atoms with Gasteiger partial charge in [-0.3, -0.25) is 13.9 Å². The Balaban J connectivity index is 2.54. The molecule has 198 valence electrons. The third kappa shape index (κ3) is 7.50. The summed E-state index contributed by atoms with van der Waals surface area (Å²) in [5.74, 6) is -1.31. The van der Waals surface area contributed by atoms with Crippen molar-refractivity contribution in [3.8, 4) is 0 Å². The van der Waals surface area contributed by atoms with Crippen molar-refractivity contribution in [2.75, 3.05) is 23.7 Å². The summed E-state index contributed by atoms with van der Waals surface area (Å²) in [6.45, 7) is 2.56. The first-order valence-electron chi connectivity index (χ1n) is 10.9. The highest BCUT2D eigenvalue weighted by Gasteiger charge is 2.34. The summed E-state index contributed by atoms with van der Waals surface area (Å²) in [4.78, 5) is 27.4. The zero-order chi connectivity index (χ0) is 27.3. The number of rotatable bonds is 10. The number of nitrogens with zero attached hydrogens (tertiary/aromatic N) is 2. The van der Waals surface area contributed by atoms with Gasteiger partial charge in [-0.2, -0.15) is 13.2 Å². The molecule has 0 aliphatic carbocycles.